The van der Waals surface area contributed by atoms with Crippen molar-refractivity contribution in [2.45, 2.75) is 52.4 Å². The minimum atomic E-state index is -0.281. The Kier molecular flexibility index (Phi) is 5.92. The second-order valence-corrected chi connectivity index (χ2v) is 9.99. The summed E-state index contributed by atoms with van der Waals surface area (Å²) in [6.45, 7) is 12.8. The van der Waals surface area contributed by atoms with Gasteiger partial charge in [0.25, 0.3) is 0 Å². The summed E-state index contributed by atoms with van der Waals surface area (Å²) in [6, 6.07) is 8.93. The summed E-state index contributed by atoms with van der Waals surface area (Å²) in [5, 5.41) is 12.8. The molecule has 0 spiro atoms. The first-order valence-corrected chi connectivity index (χ1v) is 9.80. The third-order valence-electron chi connectivity index (χ3n) is 4.34. The number of hydrogen-bond acceptors (Lipinski definition) is 2. The van der Waals surface area contributed by atoms with Crippen molar-refractivity contribution in [1.82, 2.24) is 0 Å². The van der Waals surface area contributed by atoms with Gasteiger partial charge in [-0.15, -0.1) is 0 Å². The maximum absolute atomic E-state index is 13.6. The van der Waals surface area contributed by atoms with Gasteiger partial charge in [0.15, 0.2) is 0 Å². The standard InChI is InChI=1S/C22H29FNOP/c1-21(2,3)15-11-17(22(4,5)6)20(25)19(12-15)26-18-9-8-16(23)10-14(18)13-24-7/h8-13,25-26H,1-7H3. The lowest BCUT2D eigenvalue weighted by atomic mass is 9.80. The van der Waals surface area contributed by atoms with Gasteiger partial charge in [-0.25, -0.2) is 4.39 Å². The van der Waals surface area contributed by atoms with Crippen LogP contribution in [0, 0.1) is 5.82 Å². The number of hydrogen-bond donors (Lipinski definition) is 1. The molecule has 2 aromatic carbocycles. The van der Waals surface area contributed by atoms with Gasteiger partial charge in [0.1, 0.15) is 11.6 Å². The van der Waals surface area contributed by atoms with E-state index in [4.69, 9.17) is 0 Å². The van der Waals surface area contributed by atoms with Crippen molar-refractivity contribution >= 4 is 25.4 Å². The first kappa shape index (κ1) is 20.6. The molecule has 0 fully saturated rings. The molecule has 0 aromatic heterocycles. The molecule has 1 N–H and O–H groups in total. The summed E-state index contributed by atoms with van der Waals surface area (Å²) in [5.41, 5.74) is 2.70. The van der Waals surface area contributed by atoms with Crippen LogP contribution in [-0.4, -0.2) is 18.4 Å². The first-order valence-electron chi connectivity index (χ1n) is 8.80. The van der Waals surface area contributed by atoms with Gasteiger partial charge in [-0.05, 0) is 39.9 Å². The summed E-state index contributed by atoms with van der Waals surface area (Å²) in [4.78, 5) is 4.04. The fraction of sp³-hybridized carbons (Fsp3) is 0.409. The molecule has 0 amide bonds. The third-order valence-corrected chi connectivity index (χ3v) is 5.71. The third kappa shape index (κ3) is 4.71. The van der Waals surface area contributed by atoms with E-state index in [0.29, 0.717) is 5.75 Å². The van der Waals surface area contributed by atoms with Crippen molar-refractivity contribution in [1.29, 1.82) is 0 Å². The quantitative estimate of drug-likeness (QED) is 0.608. The molecule has 0 bridgehead atoms. The molecule has 2 aromatic rings. The fourth-order valence-electron chi connectivity index (χ4n) is 2.77. The lowest BCUT2D eigenvalue weighted by Gasteiger charge is -2.27. The van der Waals surface area contributed by atoms with Crippen molar-refractivity contribution < 1.29 is 9.50 Å². The molecule has 0 heterocycles. The largest absolute Gasteiger partial charge is 0.507 e. The van der Waals surface area contributed by atoms with Crippen molar-refractivity contribution in [3.8, 4) is 5.75 Å². The van der Waals surface area contributed by atoms with Crippen LogP contribution < -0.4 is 10.6 Å². The van der Waals surface area contributed by atoms with E-state index < -0.39 is 0 Å². The van der Waals surface area contributed by atoms with Gasteiger partial charge in [-0.2, -0.15) is 0 Å². The Balaban J connectivity index is 2.63. The Labute approximate surface area is 158 Å². The maximum atomic E-state index is 13.6. The minimum absolute atomic E-state index is 0.0244. The Bertz CT molecular complexity index is 829. The zero-order chi connectivity index (χ0) is 19.7. The molecule has 1 atom stereocenters. The predicted molar refractivity (Wildman–Crippen MR) is 113 cm³/mol. The highest BCUT2D eigenvalue weighted by atomic mass is 31.1. The number of aromatic hydroxyl groups is 1. The van der Waals surface area contributed by atoms with E-state index in [1.165, 1.54) is 17.7 Å². The lowest BCUT2D eigenvalue weighted by molar-refractivity contribution is 0.449. The molecular weight excluding hydrogens is 344 g/mol. The average molecular weight is 373 g/mol. The maximum Gasteiger partial charge on any atom is 0.127 e. The summed E-state index contributed by atoms with van der Waals surface area (Å²) in [5.74, 6) is 0.0593. The summed E-state index contributed by atoms with van der Waals surface area (Å²) < 4.78 is 13.6. The zero-order valence-corrected chi connectivity index (χ0v) is 17.7. The number of phenols is 1. The topological polar surface area (TPSA) is 32.6 Å². The average Bonchev–Trinajstić information content (AvgIpc) is 2.49. The summed E-state index contributed by atoms with van der Waals surface area (Å²) in [6.07, 6.45) is 1.67. The Morgan fingerprint density at radius 1 is 0.962 bits per heavy atom. The lowest BCUT2D eigenvalue weighted by Crippen LogP contribution is -2.21. The van der Waals surface area contributed by atoms with Crippen LogP contribution in [0.15, 0.2) is 35.3 Å². The van der Waals surface area contributed by atoms with Crippen molar-refractivity contribution in [3.63, 3.8) is 0 Å². The summed E-state index contributed by atoms with van der Waals surface area (Å²) in [7, 11) is 1.90. The van der Waals surface area contributed by atoms with Crippen molar-refractivity contribution in [2.75, 3.05) is 7.05 Å². The molecule has 4 heteroatoms. The SMILES string of the molecule is CN=Cc1cc(F)ccc1Pc1cc(C(C)(C)C)cc(C(C)(C)C)c1O. The zero-order valence-electron chi connectivity index (χ0n) is 16.7. The molecular formula is C22H29FNOP. The van der Waals surface area contributed by atoms with E-state index in [1.54, 1.807) is 19.3 Å². The normalized spacial score (nSPS) is 13.2. The second-order valence-electron chi connectivity index (χ2n) is 8.66. The first-order chi connectivity index (χ1) is 11.9. The van der Waals surface area contributed by atoms with Gasteiger partial charge in [-0.3, -0.25) is 4.99 Å². The van der Waals surface area contributed by atoms with Crippen LogP contribution >= 0.6 is 8.58 Å². The Morgan fingerprint density at radius 2 is 1.62 bits per heavy atom. The molecule has 0 saturated heterocycles. The van der Waals surface area contributed by atoms with Gasteiger partial charge in [0.2, 0.25) is 0 Å². The molecule has 0 aliphatic rings. The number of aliphatic imine (C=N–C) groups is 1. The molecule has 1 unspecified atom stereocenters. The minimum Gasteiger partial charge on any atom is -0.507 e. The molecule has 2 rings (SSSR count). The number of nitrogens with zero attached hydrogens (tertiary/aromatic N) is 1. The Hall–Kier alpha value is -1.73. The highest BCUT2D eigenvalue weighted by Crippen LogP contribution is 2.36. The predicted octanol–water partition coefficient (Wildman–Crippen LogP) is 4.80. The van der Waals surface area contributed by atoms with E-state index in [0.717, 1.165) is 21.7 Å². The van der Waals surface area contributed by atoms with E-state index in [2.05, 4.69) is 58.7 Å². The molecule has 2 nitrogen and oxygen atoms in total. The van der Waals surface area contributed by atoms with Crippen LogP contribution in [0.1, 0.15) is 58.2 Å². The molecule has 0 aliphatic heterocycles. The van der Waals surface area contributed by atoms with Gasteiger partial charge in [0.05, 0.1) is 0 Å². The van der Waals surface area contributed by atoms with Crippen molar-refractivity contribution in [3.05, 3.63) is 52.8 Å². The Morgan fingerprint density at radius 3 is 2.15 bits per heavy atom. The number of benzene rings is 2. The van der Waals surface area contributed by atoms with E-state index >= 15 is 0 Å². The van der Waals surface area contributed by atoms with Crippen LogP contribution in [0.4, 0.5) is 4.39 Å². The fourth-order valence-corrected chi connectivity index (χ4v) is 3.99. The summed E-state index contributed by atoms with van der Waals surface area (Å²) >= 11 is 0. The van der Waals surface area contributed by atoms with Gasteiger partial charge < -0.3 is 5.11 Å². The van der Waals surface area contributed by atoms with Gasteiger partial charge in [0, 0.05) is 29.7 Å². The van der Waals surface area contributed by atoms with Gasteiger partial charge >= 0.3 is 0 Å². The van der Waals surface area contributed by atoms with E-state index in [9.17, 15) is 9.50 Å². The van der Waals surface area contributed by atoms with E-state index in [1.807, 2.05) is 0 Å². The van der Waals surface area contributed by atoms with Crippen LogP contribution in [-0.2, 0) is 10.8 Å². The van der Waals surface area contributed by atoms with Crippen LogP contribution in [0.25, 0.3) is 0 Å². The monoisotopic (exact) mass is 373 g/mol. The van der Waals surface area contributed by atoms with E-state index in [-0.39, 0.29) is 25.2 Å². The van der Waals surface area contributed by atoms with Crippen LogP contribution in [0.2, 0.25) is 0 Å². The molecule has 0 saturated carbocycles. The number of rotatable bonds is 3. The highest BCUT2D eigenvalue weighted by molar-refractivity contribution is 7.56. The van der Waals surface area contributed by atoms with Crippen LogP contribution in [0.3, 0.4) is 0 Å². The molecule has 0 aliphatic carbocycles. The second kappa shape index (κ2) is 7.48. The smallest absolute Gasteiger partial charge is 0.127 e. The molecule has 26 heavy (non-hydrogen) atoms. The highest BCUT2D eigenvalue weighted by Gasteiger charge is 2.25. The van der Waals surface area contributed by atoms with Crippen molar-refractivity contribution in [2.24, 2.45) is 4.99 Å². The number of halogens is 1. The molecule has 140 valence electrons. The number of phenolic OH excluding ortho intramolecular Hbond substituents is 1. The van der Waals surface area contributed by atoms with Gasteiger partial charge in [-0.1, -0.05) is 62.3 Å². The van der Waals surface area contributed by atoms with Crippen LogP contribution in [0.5, 0.6) is 5.75 Å². The molecule has 0 radical (unpaired) electrons.